The molecule has 3 aromatic rings. The lowest BCUT2D eigenvalue weighted by Crippen LogP contribution is -2.29. The second-order valence-corrected chi connectivity index (χ2v) is 6.87. The number of nitrogens with one attached hydrogen (secondary N) is 1. The molecule has 1 aromatic heterocycles. The zero-order valence-corrected chi connectivity index (χ0v) is 16.9. The van der Waals surface area contributed by atoms with E-state index in [0.717, 1.165) is 18.5 Å². The van der Waals surface area contributed by atoms with Crippen molar-refractivity contribution in [2.24, 2.45) is 0 Å². The van der Waals surface area contributed by atoms with Crippen LogP contribution in [0, 0.1) is 6.92 Å². The average Bonchev–Trinajstić information content (AvgIpc) is 3.05. The van der Waals surface area contributed by atoms with Crippen LogP contribution in [0.15, 0.2) is 60.7 Å². The molecule has 0 fully saturated rings. The Labute approximate surface area is 174 Å². The van der Waals surface area contributed by atoms with Gasteiger partial charge in [-0.1, -0.05) is 60.1 Å². The van der Waals surface area contributed by atoms with Gasteiger partial charge in [-0.3, -0.25) is 4.79 Å². The van der Waals surface area contributed by atoms with Gasteiger partial charge in [0.25, 0.3) is 5.91 Å². The molecular formula is C22H22ClN3O3. The van der Waals surface area contributed by atoms with Crippen LogP contribution in [-0.4, -0.2) is 34.8 Å². The van der Waals surface area contributed by atoms with Crippen LogP contribution in [0.25, 0.3) is 5.69 Å². The van der Waals surface area contributed by atoms with Gasteiger partial charge in [0.15, 0.2) is 6.61 Å². The van der Waals surface area contributed by atoms with Gasteiger partial charge < -0.3 is 10.1 Å². The van der Waals surface area contributed by atoms with E-state index in [1.165, 1.54) is 10.2 Å². The molecule has 150 valence electrons. The number of esters is 1. The SMILES string of the molecule is Cc1nn(-c2ccccc2)c(Cl)c1C(=O)OCC(=O)NCCCc1ccccc1. The number of rotatable bonds is 8. The van der Waals surface area contributed by atoms with Crippen LogP contribution < -0.4 is 5.32 Å². The molecule has 6 nitrogen and oxygen atoms in total. The number of aromatic nitrogens is 2. The predicted molar refractivity (Wildman–Crippen MR) is 111 cm³/mol. The molecule has 0 aliphatic rings. The van der Waals surface area contributed by atoms with E-state index in [4.69, 9.17) is 16.3 Å². The van der Waals surface area contributed by atoms with Gasteiger partial charge in [-0.15, -0.1) is 0 Å². The van der Waals surface area contributed by atoms with Crippen LogP contribution in [0.3, 0.4) is 0 Å². The van der Waals surface area contributed by atoms with Gasteiger partial charge in [0.05, 0.1) is 11.4 Å². The summed E-state index contributed by atoms with van der Waals surface area (Å²) in [5.41, 5.74) is 2.55. The van der Waals surface area contributed by atoms with Crippen LogP contribution in [0.4, 0.5) is 0 Å². The molecule has 0 aliphatic heterocycles. The summed E-state index contributed by atoms with van der Waals surface area (Å²) in [6.45, 7) is 1.82. The van der Waals surface area contributed by atoms with Crippen molar-refractivity contribution in [3.8, 4) is 5.69 Å². The Morgan fingerprint density at radius 2 is 1.72 bits per heavy atom. The van der Waals surface area contributed by atoms with Crippen molar-refractivity contribution in [1.29, 1.82) is 0 Å². The summed E-state index contributed by atoms with van der Waals surface area (Å²) in [5, 5.41) is 7.21. The number of hydrogen-bond donors (Lipinski definition) is 1. The Hall–Kier alpha value is -3.12. The minimum absolute atomic E-state index is 0.155. The van der Waals surface area contributed by atoms with Gasteiger partial charge >= 0.3 is 5.97 Å². The van der Waals surface area contributed by atoms with Crippen LogP contribution in [0.2, 0.25) is 5.15 Å². The highest BCUT2D eigenvalue weighted by molar-refractivity contribution is 6.33. The fourth-order valence-electron chi connectivity index (χ4n) is 2.89. The molecule has 0 bridgehead atoms. The molecular weight excluding hydrogens is 390 g/mol. The van der Waals surface area contributed by atoms with Crippen LogP contribution in [0.5, 0.6) is 0 Å². The van der Waals surface area contributed by atoms with E-state index >= 15 is 0 Å². The Kier molecular flexibility index (Phi) is 7.03. The second-order valence-electron chi connectivity index (χ2n) is 6.51. The molecule has 7 heteroatoms. The lowest BCUT2D eigenvalue weighted by Gasteiger charge is -2.07. The normalized spacial score (nSPS) is 10.6. The van der Waals surface area contributed by atoms with E-state index in [9.17, 15) is 9.59 Å². The molecule has 1 N–H and O–H groups in total. The molecule has 3 rings (SSSR count). The number of aryl methyl sites for hydroxylation is 2. The average molecular weight is 412 g/mol. The summed E-state index contributed by atoms with van der Waals surface area (Å²) in [7, 11) is 0. The molecule has 29 heavy (non-hydrogen) atoms. The van der Waals surface area contributed by atoms with Gasteiger partial charge in [-0.25, -0.2) is 9.48 Å². The predicted octanol–water partition coefficient (Wildman–Crippen LogP) is 3.74. The Morgan fingerprint density at radius 1 is 1.07 bits per heavy atom. The third kappa shape index (κ3) is 5.45. The van der Waals surface area contributed by atoms with Crippen molar-refractivity contribution < 1.29 is 14.3 Å². The number of hydrogen-bond acceptors (Lipinski definition) is 4. The Balaban J connectivity index is 1.49. The van der Waals surface area contributed by atoms with Gasteiger partial charge in [-0.2, -0.15) is 5.10 Å². The molecule has 1 amide bonds. The fourth-order valence-corrected chi connectivity index (χ4v) is 3.24. The summed E-state index contributed by atoms with van der Waals surface area (Å²) < 4.78 is 6.60. The molecule has 1 heterocycles. The summed E-state index contributed by atoms with van der Waals surface area (Å²) in [4.78, 5) is 24.4. The molecule has 0 spiro atoms. The smallest absolute Gasteiger partial charge is 0.343 e. The van der Waals surface area contributed by atoms with E-state index in [0.29, 0.717) is 12.2 Å². The highest BCUT2D eigenvalue weighted by Gasteiger charge is 2.23. The van der Waals surface area contributed by atoms with E-state index in [-0.39, 0.29) is 23.2 Å². The third-order valence-electron chi connectivity index (χ3n) is 4.35. The maximum absolute atomic E-state index is 12.4. The van der Waals surface area contributed by atoms with Gasteiger partial charge in [0, 0.05) is 6.54 Å². The topological polar surface area (TPSA) is 73.2 Å². The maximum Gasteiger partial charge on any atom is 0.343 e. The highest BCUT2D eigenvalue weighted by atomic mass is 35.5. The molecule has 2 aromatic carbocycles. The van der Waals surface area contributed by atoms with E-state index in [1.807, 2.05) is 60.7 Å². The summed E-state index contributed by atoms with van der Waals surface area (Å²) in [6, 6.07) is 19.3. The van der Waals surface area contributed by atoms with E-state index in [1.54, 1.807) is 6.92 Å². The standard InChI is InChI=1S/C22H22ClN3O3/c1-16-20(21(23)26(25-16)18-12-6-3-7-13-18)22(28)29-15-19(27)24-14-8-11-17-9-4-2-5-10-17/h2-7,9-10,12-13H,8,11,14-15H2,1H3,(H,24,27). The number of carbonyl (C=O) groups excluding carboxylic acids is 2. The Bertz CT molecular complexity index is 972. The number of carbonyl (C=O) groups is 2. The molecule has 0 aliphatic carbocycles. The minimum Gasteiger partial charge on any atom is -0.452 e. The van der Waals surface area contributed by atoms with E-state index in [2.05, 4.69) is 10.4 Å². The van der Waals surface area contributed by atoms with Gasteiger partial charge in [-0.05, 0) is 37.5 Å². The summed E-state index contributed by atoms with van der Waals surface area (Å²) in [5.74, 6) is -1.02. The first-order valence-corrected chi connectivity index (χ1v) is 9.72. The van der Waals surface area contributed by atoms with Gasteiger partial charge in [0.2, 0.25) is 0 Å². The summed E-state index contributed by atoms with van der Waals surface area (Å²) >= 11 is 6.33. The van der Waals surface area contributed by atoms with Crippen molar-refractivity contribution in [1.82, 2.24) is 15.1 Å². The van der Waals surface area contributed by atoms with E-state index < -0.39 is 5.97 Å². The van der Waals surface area contributed by atoms with Crippen molar-refractivity contribution in [2.45, 2.75) is 19.8 Å². The highest BCUT2D eigenvalue weighted by Crippen LogP contribution is 2.24. The number of benzene rings is 2. The van der Waals surface area contributed by atoms with Crippen molar-refractivity contribution in [3.05, 3.63) is 82.6 Å². The lowest BCUT2D eigenvalue weighted by molar-refractivity contribution is -0.124. The minimum atomic E-state index is -0.672. The van der Waals surface area contributed by atoms with Crippen molar-refractivity contribution in [3.63, 3.8) is 0 Å². The van der Waals surface area contributed by atoms with Gasteiger partial charge in [0.1, 0.15) is 10.7 Å². The maximum atomic E-state index is 12.4. The molecule has 0 atom stereocenters. The van der Waals surface area contributed by atoms with Crippen molar-refractivity contribution >= 4 is 23.5 Å². The first-order chi connectivity index (χ1) is 14.1. The van der Waals surface area contributed by atoms with Crippen LogP contribution in [0.1, 0.15) is 28.0 Å². The number of halogens is 1. The Morgan fingerprint density at radius 3 is 2.41 bits per heavy atom. The zero-order valence-electron chi connectivity index (χ0n) is 16.1. The largest absolute Gasteiger partial charge is 0.452 e. The first kappa shape index (κ1) is 20.6. The summed E-state index contributed by atoms with van der Waals surface area (Å²) in [6.07, 6.45) is 1.67. The molecule has 0 radical (unpaired) electrons. The number of para-hydroxylation sites is 1. The number of nitrogens with zero attached hydrogens (tertiary/aromatic N) is 2. The molecule has 0 saturated carbocycles. The third-order valence-corrected chi connectivity index (χ3v) is 4.70. The van der Waals surface area contributed by atoms with Crippen LogP contribution in [-0.2, 0) is 16.0 Å². The second kappa shape index (κ2) is 9.89. The van der Waals surface area contributed by atoms with Crippen molar-refractivity contribution in [2.75, 3.05) is 13.2 Å². The molecule has 0 saturated heterocycles. The van der Waals surface area contributed by atoms with Crippen LogP contribution >= 0.6 is 11.6 Å². The first-order valence-electron chi connectivity index (χ1n) is 9.34. The number of amides is 1. The number of ether oxygens (including phenoxy) is 1. The lowest BCUT2D eigenvalue weighted by atomic mass is 10.1. The quantitative estimate of drug-likeness (QED) is 0.452. The monoisotopic (exact) mass is 411 g/mol. The zero-order chi connectivity index (χ0) is 20.6. The molecule has 0 unspecified atom stereocenters. The fraction of sp³-hybridized carbons (Fsp3) is 0.227.